The molecule has 0 aromatic carbocycles. The highest BCUT2D eigenvalue weighted by molar-refractivity contribution is 14.0. The fourth-order valence-corrected chi connectivity index (χ4v) is 3.00. The van der Waals surface area contributed by atoms with Gasteiger partial charge in [-0.05, 0) is 44.6 Å². The molecule has 0 aliphatic carbocycles. The molecule has 1 aliphatic heterocycles. The van der Waals surface area contributed by atoms with Gasteiger partial charge in [-0.2, -0.15) is 11.8 Å². The van der Waals surface area contributed by atoms with Crippen LogP contribution in [0.4, 0.5) is 5.82 Å². The molecule has 2 heterocycles. The predicted molar refractivity (Wildman–Crippen MR) is 126 cm³/mol. The molecule has 1 fully saturated rings. The van der Waals surface area contributed by atoms with Crippen LogP contribution in [-0.2, 0) is 6.54 Å². The molecule has 7 heteroatoms. The number of anilines is 1. The zero-order valence-corrected chi connectivity index (χ0v) is 19.7. The number of nitrogens with one attached hydrogen (secondary N) is 2. The minimum atomic E-state index is 0. The number of aliphatic imine (C=N–C) groups is 1. The maximum atomic E-state index is 4.67. The van der Waals surface area contributed by atoms with Crippen LogP contribution in [0, 0.1) is 0 Å². The van der Waals surface area contributed by atoms with Gasteiger partial charge >= 0.3 is 0 Å². The van der Waals surface area contributed by atoms with Gasteiger partial charge in [0.2, 0.25) is 0 Å². The lowest BCUT2D eigenvalue weighted by Crippen LogP contribution is -2.43. The first-order valence-electron chi connectivity index (χ1n) is 9.23. The molecule has 1 aromatic rings. The third-order valence-electron chi connectivity index (χ3n) is 4.66. The fourth-order valence-electron chi connectivity index (χ4n) is 2.78. The molecule has 0 saturated carbocycles. The van der Waals surface area contributed by atoms with Crippen molar-refractivity contribution in [2.24, 2.45) is 4.99 Å². The topological polar surface area (TPSA) is 52.6 Å². The van der Waals surface area contributed by atoms with Crippen molar-refractivity contribution in [3.05, 3.63) is 23.9 Å². The Morgan fingerprint density at radius 3 is 2.42 bits per heavy atom. The molecule has 1 aromatic heterocycles. The van der Waals surface area contributed by atoms with E-state index in [1.807, 2.05) is 25.0 Å². The number of thioether (sulfide) groups is 1. The van der Waals surface area contributed by atoms with E-state index in [0.29, 0.717) is 0 Å². The van der Waals surface area contributed by atoms with E-state index < -0.39 is 0 Å². The second-order valence-electron chi connectivity index (χ2n) is 7.17. The van der Waals surface area contributed by atoms with E-state index in [-0.39, 0.29) is 28.7 Å². The van der Waals surface area contributed by atoms with Crippen LogP contribution in [0.5, 0.6) is 0 Å². The summed E-state index contributed by atoms with van der Waals surface area (Å²) in [6, 6.07) is 4.31. The summed E-state index contributed by atoms with van der Waals surface area (Å²) in [5.74, 6) is 1.94. The van der Waals surface area contributed by atoms with E-state index >= 15 is 0 Å². The van der Waals surface area contributed by atoms with Gasteiger partial charge in [-0.15, -0.1) is 24.0 Å². The summed E-state index contributed by atoms with van der Waals surface area (Å²) in [5, 5.41) is 6.76. The monoisotopic (exact) mass is 491 g/mol. The zero-order chi connectivity index (χ0) is 18.1. The van der Waals surface area contributed by atoms with Crippen LogP contribution in [0.3, 0.4) is 0 Å². The highest BCUT2D eigenvalue weighted by atomic mass is 127. The molecular weight excluding hydrogens is 457 g/mol. The zero-order valence-electron chi connectivity index (χ0n) is 16.5. The quantitative estimate of drug-likeness (QED) is 0.359. The third kappa shape index (κ3) is 7.90. The van der Waals surface area contributed by atoms with Gasteiger partial charge in [-0.3, -0.25) is 4.99 Å². The molecule has 0 radical (unpaired) electrons. The number of aromatic nitrogens is 1. The van der Waals surface area contributed by atoms with Crippen molar-refractivity contribution in [1.29, 1.82) is 0 Å². The Balaban J connectivity index is 0.00000338. The van der Waals surface area contributed by atoms with Crippen LogP contribution in [0.1, 0.15) is 45.1 Å². The van der Waals surface area contributed by atoms with Crippen LogP contribution < -0.4 is 15.5 Å². The molecule has 0 bridgehead atoms. The molecule has 1 aliphatic rings. The maximum Gasteiger partial charge on any atom is 0.191 e. The normalized spacial score (nSPS) is 15.8. The van der Waals surface area contributed by atoms with Crippen molar-refractivity contribution in [2.45, 2.75) is 50.8 Å². The number of rotatable bonds is 6. The van der Waals surface area contributed by atoms with Crippen molar-refractivity contribution in [2.75, 3.05) is 37.8 Å². The summed E-state index contributed by atoms with van der Waals surface area (Å²) in [4.78, 5) is 11.4. The van der Waals surface area contributed by atoms with Crippen LogP contribution >= 0.6 is 35.7 Å². The summed E-state index contributed by atoms with van der Waals surface area (Å²) in [5.41, 5.74) is 1.17. The third-order valence-corrected chi connectivity index (χ3v) is 5.91. The lowest BCUT2D eigenvalue weighted by Gasteiger charge is -2.24. The van der Waals surface area contributed by atoms with Gasteiger partial charge in [0, 0.05) is 44.2 Å². The Morgan fingerprint density at radius 2 is 1.88 bits per heavy atom. The predicted octanol–water partition coefficient (Wildman–Crippen LogP) is 3.89. The number of guanidine groups is 1. The van der Waals surface area contributed by atoms with Crippen molar-refractivity contribution in [3.63, 3.8) is 0 Å². The molecule has 2 N–H and O–H groups in total. The van der Waals surface area contributed by atoms with Gasteiger partial charge in [0.15, 0.2) is 5.96 Å². The lowest BCUT2D eigenvalue weighted by atomic mass is 10.2. The van der Waals surface area contributed by atoms with E-state index in [9.17, 15) is 0 Å². The Morgan fingerprint density at radius 1 is 1.19 bits per heavy atom. The summed E-state index contributed by atoms with van der Waals surface area (Å²) < 4.78 is 0.188. The minimum Gasteiger partial charge on any atom is -0.357 e. The Labute approximate surface area is 180 Å². The summed E-state index contributed by atoms with van der Waals surface area (Å²) in [6.07, 6.45) is 9.36. The van der Waals surface area contributed by atoms with Crippen molar-refractivity contribution in [1.82, 2.24) is 15.6 Å². The van der Waals surface area contributed by atoms with Gasteiger partial charge in [0.1, 0.15) is 5.82 Å². The Hall–Kier alpha value is -0.700. The maximum absolute atomic E-state index is 4.67. The molecule has 0 unspecified atom stereocenters. The van der Waals surface area contributed by atoms with E-state index in [1.54, 1.807) is 0 Å². The Kier molecular flexibility index (Phi) is 10.7. The van der Waals surface area contributed by atoms with Crippen molar-refractivity contribution < 1.29 is 0 Å². The second-order valence-corrected chi connectivity index (χ2v) is 8.68. The van der Waals surface area contributed by atoms with Gasteiger partial charge in [-0.1, -0.05) is 18.9 Å². The molecule has 148 valence electrons. The van der Waals surface area contributed by atoms with Gasteiger partial charge in [-0.25, -0.2) is 4.98 Å². The van der Waals surface area contributed by atoms with Crippen molar-refractivity contribution >= 4 is 47.5 Å². The fraction of sp³-hybridized carbons (Fsp3) is 0.684. The molecule has 0 atom stereocenters. The van der Waals surface area contributed by atoms with Crippen LogP contribution in [0.2, 0.25) is 0 Å². The van der Waals surface area contributed by atoms with Crippen molar-refractivity contribution in [3.8, 4) is 0 Å². The molecular formula is C19H34IN5S. The molecule has 2 rings (SSSR count). The molecule has 26 heavy (non-hydrogen) atoms. The number of hydrogen-bond acceptors (Lipinski definition) is 4. The number of hydrogen-bond donors (Lipinski definition) is 2. The summed E-state index contributed by atoms with van der Waals surface area (Å²) in [6.45, 7) is 8.32. The smallest absolute Gasteiger partial charge is 0.191 e. The largest absolute Gasteiger partial charge is 0.357 e. The first kappa shape index (κ1) is 23.3. The standard InChI is InChI=1S/C19H33N5S.HI/c1-19(2,25-4)15-23-18(20-3)22-14-16-9-10-17(21-13-16)24-11-7-5-6-8-12-24;/h9-10,13H,5-8,11-12,14-15H2,1-4H3,(H2,20,22,23);1H. The summed E-state index contributed by atoms with van der Waals surface area (Å²) in [7, 11) is 1.81. The van der Waals surface area contributed by atoms with E-state index in [2.05, 4.69) is 57.7 Å². The SMILES string of the molecule is CN=C(NCc1ccc(N2CCCCCC2)nc1)NCC(C)(C)SC.I. The lowest BCUT2D eigenvalue weighted by molar-refractivity contribution is 0.664. The minimum absolute atomic E-state index is 0. The highest BCUT2D eigenvalue weighted by Crippen LogP contribution is 2.19. The first-order valence-corrected chi connectivity index (χ1v) is 10.5. The Bertz CT molecular complexity index is 539. The summed E-state index contributed by atoms with van der Waals surface area (Å²) >= 11 is 1.85. The molecule has 5 nitrogen and oxygen atoms in total. The average Bonchev–Trinajstić information content (AvgIpc) is 2.92. The second kappa shape index (κ2) is 11.9. The van der Waals surface area contributed by atoms with E-state index in [0.717, 1.165) is 38.0 Å². The van der Waals surface area contributed by atoms with Gasteiger partial charge < -0.3 is 15.5 Å². The van der Waals surface area contributed by atoms with Crippen LogP contribution in [0.15, 0.2) is 23.3 Å². The number of pyridine rings is 1. The van der Waals surface area contributed by atoms with Gasteiger partial charge in [0.05, 0.1) is 0 Å². The highest BCUT2D eigenvalue weighted by Gasteiger charge is 2.16. The van der Waals surface area contributed by atoms with E-state index in [1.165, 1.54) is 31.2 Å². The first-order chi connectivity index (χ1) is 12.0. The number of nitrogens with zero attached hydrogens (tertiary/aromatic N) is 3. The van der Waals surface area contributed by atoms with Crippen LogP contribution in [0.25, 0.3) is 0 Å². The molecule has 1 saturated heterocycles. The molecule has 0 amide bonds. The average molecular weight is 491 g/mol. The van der Waals surface area contributed by atoms with E-state index in [4.69, 9.17) is 0 Å². The molecule has 0 spiro atoms. The van der Waals surface area contributed by atoms with Crippen LogP contribution in [-0.4, -0.2) is 48.6 Å². The number of halogens is 1. The van der Waals surface area contributed by atoms with Gasteiger partial charge in [0.25, 0.3) is 0 Å².